The molecule has 3 fully saturated rings. The Hall–Kier alpha value is -3.85. The Morgan fingerprint density at radius 3 is 2.38 bits per heavy atom. The molecule has 0 spiro atoms. The smallest absolute Gasteiger partial charge is 0.433 e. The molecule has 6 atom stereocenters. The summed E-state index contributed by atoms with van der Waals surface area (Å²) >= 11 is 23.9. The van der Waals surface area contributed by atoms with Crippen LogP contribution in [0.5, 0.6) is 11.5 Å². The number of fused-ring (bicyclic) bond motifs is 4. The first-order valence-corrected chi connectivity index (χ1v) is 18.1. The third kappa shape index (κ3) is 5.39. The number of ether oxygens (including phenoxy) is 1. The number of anilines is 1. The van der Waals surface area contributed by atoms with Crippen molar-refractivity contribution in [2.45, 2.75) is 41.3 Å². The van der Waals surface area contributed by atoms with Crippen molar-refractivity contribution < 1.29 is 42.2 Å². The van der Waals surface area contributed by atoms with Gasteiger partial charge in [0, 0.05) is 24.6 Å². The molecule has 7 rings (SSSR count). The number of carbonyl (C=O) groups excluding carboxylic acids is 4. The average molecular weight is 843 g/mol. The number of aromatic hydroxyl groups is 1. The van der Waals surface area contributed by atoms with Gasteiger partial charge in [-0.2, -0.15) is 18.2 Å². The van der Waals surface area contributed by atoms with E-state index in [2.05, 4.69) is 20.9 Å². The lowest BCUT2D eigenvalue weighted by Gasteiger charge is -2.50. The van der Waals surface area contributed by atoms with Crippen LogP contribution in [0.1, 0.15) is 35.6 Å². The van der Waals surface area contributed by atoms with Gasteiger partial charge in [0.05, 0.1) is 22.3 Å². The number of hydrogen-bond donors (Lipinski definition) is 1. The number of benzene rings is 2. The summed E-state index contributed by atoms with van der Waals surface area (Å²) in [5, 5.41) is 12.8. The minimum Gasteiger partial charge on any atom is -0.508 e. The van der Waals surface area contributed by atoms with Crippen molar-refractivity contribution in [3.05, 3.63) is 94.2 Å². The van der Waals surface area contributed by atoms with E-state index in [1.54, 1.807) is 12.1 Å². The standard InChI is InChI=1S/C35H27BrCl3F3N4O6/c1-44(28-23(37)11-12-25(43-28)35(40,41)42)46-29(48)21-10-9-19-22(26(21)30(46)49)14-33(38)31(50)45(16-36)32(51)34(33,39)27(19)20-8-7-18(13-24(20)47)52-15-17-5-3-2-4-6-17/h2-9,11-13,21-22,26-27,47H,10,14-16H2,1H3/t21-,22+,26-,27+,33+,34-/m0/s1. The predicted octanol–water partition coefficient (Wildman–Crippen LogP) is 6.80. The van der Waals surface area contributed by atoms with Crippen LogP contribution >= 0.6 is 50.7 Å². The number of alkyl halides is 6. The van der Waals surface area contributed by atoms with Gasteiger partial charge < -0.3 is 9.84 Å². The van der Waals surface area contributed by atoms with Gasteiger partial charge in [-0.15, -0.1) is 23.2 Å². The van der Waals surface area contributed by atoms with Crippen molar-refractivity contribution in [2.75, 3.05) is 17.5 Å². The Morgan fingerprint density at radius 2 is 1.73 bits per heavy atom. The molecule has 2 aromatic carbocycles. The molecule has 1 saturated carbocycles. The molecule has 4 aliphatic rings. The van der Waals surface area contributed by atoms with E-state index in [0.29, 0.717) is 22.4 Å². The van der Waals surface area contributed by atoms with Crippen molar-refractivity contribution in [1.29, 1.82) is 0 Å². The Balaban J connectivity index is 1.29. The Morgan fingerprint density at radius 1 is 1.02 bits per heavy atom. The number of allylic oxidation sites excluding steroid dienone is 2. The molecule has 10 nitrogen and oxygen atoms in total. The molecule has 2 aliphatic carbocycles. The number of amides is 4. The maximum absolute atomic E-state index is 14.3. The van der Waals surface area contributed by atoms with Crippen molar-refractivity contribution >= 4 is 80.2 Å². The minimum absolute atomic E-state index is 0.0305. The second-order valence-electron chi connectivity index (χ2n) is 13.0. The summed E-state index contributed by atoms with van der Waals surface area (Å²) in [6.45, 7) is 0.194. The Labute approximate surface area is 318 Å². The topological polar surface area (TPSA) is 120 Å². The highest BCUT2D eigenvalue weighted by Crippen LogP contribution is 2.66. The van der Waals surface area contributed by atoms with E-state index in [1.807, 2.05) is 30.3 Å². The SMILES string of the molecule is CN(c1nc(C(F)(F)F)ccc1Cl)N1C(=O)[C@H]2[C@H](CC=C3[C@H]2C[C@@]2(Cl)C(=O)N(CBr)C(=O)[C@@]2(Cl)[C@H]3c2ccc(OCc3ccccc3)cc2O)C1=O. The first-order valence-electron chi connectivity index (χ1n) is 15.9. The van der Waals surface area contributed by atoms with E-state index >= 15 is 0 Å². The van der Waals surface area contributed by atoms with Gasteiger partial charge in [0.1, 0.15) is 23.8 Å². The number of aromatic nitrogens is 1. The van der Waals surface area contributed by atoms with Gasteiger partial charge in [0.25, 0.3) is 23.6 Å². The molecular weight excluding hydrogens is 816 g/mol. The van der Waals surface area contributed by atoms with E-state index in [0.717, 1.165) is 21.5 Å². The minimum atomic E-state index is -4.84. The van der Waals surface area contributed by atoms with E-state index in [1.165, 1.54) is 19.2 Å². The lowest BCUT2D eigenvalue weighted by Crippen LogP contribution is -2.60. The Kier molecular flexibility index (Phi) is 9.07. The molecule has 3 aromatic rings. The molecule has 272 valence electrons. The van der Waals surface area contributed by atoms with Gasteiger partial charge in [-0.1, -0.05) is 75.6 Å². The molecule has 0 bridgehead atoms. The summed E-state index contributed by atoms with van der Waals surface area (Å²) in [7, 11) is 1.19. The van der Waals surface area contributed by atoms with Crippen LogP contribution in [0.2, 0.25) is 5.02 Å². The van der Waals surface area contributed by atoms with Crippen LogP contribution in [-0.4, -0.2) is 65.9 Å². The lowest BCUT2D eigenvalue weighted by atomic mass is 9.56. The molecule has 3 heterocycles. The molecule has 0 radical (unpaired) electrons. The molecule has 1 N–H and O–H groups in total. The highest BCUT2D eigenvalue weighted by Gasteiger charge is 2.76. The van der Waals surface area contributed by atoms with Crippen molar-refractivity contribution in [3.8, 4) is 11.5 Å². The number of halogens is 7. The second kappa shape index (κ2) is 12.9. The molecule has 2 saturated heterocycles. The van der Waals surface area contributed by atoms with Crippen LogP contribution in [0.3, 0.4) is 0 Å². The zero-order valence-corrected chi connectivity index (χ0v) is 30.8. The van der Waals surface area contributed by atoms with Gasteiger partial charge >= 0.3 is 6.18 Å². The van der Waals surface area contributed by atoms with E-state index < -0.39 is 74.7 Å². The molecule has 4 amide bonds. The first kappa shape index (κ1) is 36.5. The average Bonchev–Trinajstić information content (AvgIpc) is 3.44. The summed E-state index contributed by atoms with van der Waals surface area (Å²) in [6.07, 6.45) is -3.54. The van der Waals surface area contributed by atoms with E-state index in [9.17, 15) is 37.5 Å². The van der Waals surface area contributed by atoms with Crippen molar-refractivity contribution in [1.82, 2.24) is 14.9 Å². The summed E-state index contributed by atoms with van der Waals surface area (Å²) in [5.41, 5.74) is -0.117. The van der Waals surface area contributed by atoms with Crippen LogP contribution < -0.4 is 9.75 Å². The third-order valence-corrected chi connectivity index (χ3v) is 12.5. The van der Waals surface area contributed by atoms with E-state index in [-0.39, 0.29) is 41.2 Å². The monoisotopic (exact) mass is 840 g/mol. The number of phenolic OH excluding ortho intramolecular Hbond substituents is 1. The van der Waals surface area contributed by atoms with Crippen LogP contribution in [-0.2, 0) is 32.0 Å². The number of nitrogens with zero attached hydrogens (tertiary/aromatic N) is 4. The molecular formula is C35H27BrCl3F3N4O6. The number of pyridine rings is 1. The van der Waals surface area contributed by atoms with Crippen LogP contribution in [0, 0.1) is 17.8 Å². The second-order valence-corrected chi connectivity index (χ2v) is 15.1. The van der Waals surface area contributed by atoms with Gasteiger partial charge in [0.2, 0.25) is 0 Å². The number of likely N-dealkylation sites (tertiary alicyclic amines) is 1. The fraction of sp³-hybridized carbons (Fsp3) is 0.343. The first-order chi connectivity index (χ1) is 24.5. The van der Waals surface area contributed by atoms with Crippen molar-refractivity contribution in [2.24, 2.45) is 17.8 Å². The fourth-order valence-corrected chi connectivity index (χ4v) is 9.53. The summed E-state index contributed by atoms with van der Waals surface area (Å²) in [5.74, 6) is -8.10. The van der Waals surface area contributed by atoms with Gasteiger partial charge in [-0.3, -0.25) is 29.1 Å². The molecule has 2 aliphatic heterocycles. The van der Waals surface area contributed by atoms with Crippen molar-refractivity contribution in [3.63, 3.8) is 0 Å². The number of carbonyl (C=O) groups is 4. The third-order valence-electron chi connectivity index (χ3n) is 10.3. The highest BCUT2D eigenvalue weighted by atomic mass is 79.9. The molecule has 0 unspecified atom stereocenters. The zero-order valence-electron chi connectivity index (χ0n) is 26.9. The number of hydrogen-bond acceptors (Lipinski definition) is 8. The van der Waals surface area contributed by atoms with Gasteiger partial charge in [-0.05, 0) is 42.5 Å². The fourth-order valence-electron chi connectivity index (χ4n) is 7.89. The number of hydrazine groups is 1. The Bertz CT molecular complexity index is 2060. The summed E-state index contributed by atoms with van der Waals surface area (Å²) < 4.78 is 46.6. The largest absolute Gasteiger partial charge is 0.508 e. The molecule has 17 heteroatoms. The maximum Gasteiger partial charge on any atom is 0.433 e. The highest BCUT2D eigenvalue weighted by molar-refractivity contribution is 9.09. The van der Waals surface area contributed by atoms with Crippen LogP contribution in [0.15, 0.2) is 72.3 Å². The number of rotatable bonds is 7. The van der Waals surface area contributed by atoms with Crippen LogP contribution in [0.25, 0.3) is 0 Å². The van der Waals surface area contributed by atoms with Gasteiger partial charge in [0.15, 0.2) is 15.6 Å². The predicted molar refractivity (Wildman–Crippen MR) is 187 cm³/mol. The molecule has 52 heavy (non-hydrogen) atoms. The number of phenols is 1. The lowest BCUT2D eigenvalue weighted by molar-refractivity contribution is -0.142. The number of imide groups is 2. The summed E-state index contributed by atoms with van der Waals surface area (Å²) in [4.78, 5) is 56.4. The quantitative estimate of drug-likeness (QED) is 0.120. The normalized spacial score (nSPS) is 28.4. The summed E-state index contributed by atoms with van der Waals surface area (Å²) in [6, 6.07) is 15.4. The van der Waals surface area contributed by atoms with Crippen LogP contribution in [0.4, 0.5) is 19.0 Å². The zero-order chi connectivity index (χ0) is 37.5. The maximum atomic E-state index is 14.3. The van der Waals surface area contributed by atoms with Gasteiger partial charge in [-0.25, -0.2) is 4.98 Å². The van der Waals surface area contributed by atoms with E-state index in [4.69, 9.17) is 39.5 Å². The molecule has 1 aromatic heterocycles.